The Hall–Kier alpha value is -3.95. The molecule has 0 saturated carbocycles. The maximum absolute atomic E-state index is 12.0. The average molecular weight is 411 g/mol. The van der Waals surface area contributed by atoms with Crippen molar-refractivity contribution in [2.24, 2.45) is 5.92 Å². The van der Waals surface area contributed by atoms with Crippen molar-refractivity contribution in [2.45, 2.75) is 20.4 Å². The number of nitrogens with one attached hydrogen (secondary N) is 2. The van der Waals surface area contributed by atoms with Gasteiger partial charge in [-0.25, -0.2) is 14.8 Å². The molecule has 0 aliphatic carbocycles. The molecule has 2 aromatic heterocycles. The molecule has 0 atom stereocenters. The summed E-state index contributed by atoms with van der Waals surface area (Å²) in [6, 6.07) is 9.86. The van der Waals surface area contributed by atoms with E-state index in [0.29, 0.717) is 23.6 Å². The molecule has 3 rings (SSSR count). The number of hydrogen-bond acceptors (Lipinski definition) is 9. The highest BCUT2D eigenvalue weighted by Crippen LogP contribution is 2.31. The van der Waals surface area contributed by atoms with Crippen molar-refractivity contribution in [3.05, 3.63) is 70.4 Å². The van der Waals surface area contributed by atoms with E-state index < -0.39 is 10.9 Å². The third-order valence-corrected chi connectivity index (χ3v) is 3.95. The van der Waals surface area contributed by atoms with Crippen LogP contribution in [0.3, 0.4) is 0 Å². The van der Waals surface area contributed by atoms with Crippen molar-refractivity contribution in [1.82, 2.24) is 9.97 Å². The zero-order valence-corrected chi connectivity index (χ0v) is 16.5. The summed E-state index contributed by atoms with van der Waals surface area (Å²) in [4.78, 5) is 31.0. The lowest BCUT2D eigenvalue weighted by Gasteiger charge is -2.10. The van der Waals surface area contributed by atoms with Crippen LogP contribution in [0.25, 0.3) is 0 Å². The first kappa shape index (κ1) is 20.8. The van der Waals surface area contributed by atoms with Gasteiger partial charge in [-0.15, -0.1) is 0 Å². The van der Waals surface area contributed by atoms with Crippen LogP contribution in [0.4, 0.5) is 23.0 Å². The Kier molecular flexibility index (Phi) is 6.58. The zero-order chi connectivity index (χ0) is 21.5. The Balaban J connectivity index is 1.74. The predicted molar refractivity (Wildman–Crippen MR) is 110 cm³/mol. The predicted octanol–water partition coefficient (Wildman–Crippen LogP) is 4.15. The molecule has 0 bridgehead atoms. The standard InChI is InChI=1S/C20H21N5O5/c1-13(2)11-30-20(26)14-5-7-15(8-6-14)24-19-17(25(27)28)18(22-12-23-19)21-10-16-4-3-9-29-16/h3-9,12-13H,10-11H2,1-2H3,(H2,21,22,23,24). The van der Waals surface area contributed by atoms with E-state index in [2.05, 4.69) is 20.6 Å². The topological polar surface area (TPSA) is 132 Å². The molecule has 30 heavy (non-hydrogen) atoms. The van der Waals surface area contributed by atoms with Crippen LogP contribution in [-0.2, 0) is 11.3 Å². The largest absolute Gasteiger partial charge is 0.467 e. The monoisotopic (exact) mass is 411 g/mol. The summed E-state index contributed by atoms with van der Waals surface area (Å²) in [5.41, 5.74) is 0.609. The molecule has 0 spiro atoms. The number of nitrogens with zero attached hydrogens (tertiary/aromatic N) is 3. The van der Waals surface area contributed by atoms with Crippen LogP contribution in [0.15, 0.2) is 53.4 Å². The second-order valence-corrected chi connectivity index (χ2v) is 6.80. The Morgan fingerprint density at radius 2 is 1.93 bits per heavy atom. The van der Waals surface area contributed by atoms with Gasteiger partial charge in [0, 0.05) is 5.69 Å². The number of anilines is 3. The fourth-order valence-electron chi connectivity index (χ4n) is 2.51. The normalized spacial score (nSPS) is 10.6. The molecule has 2 heterocycles. The smallest absolute Gasteiger partial charge is 0.353 e. The molecule has 1 aromatic carbocycles. The number of furan rings is 1. The highest BCUT2D eigenvalue weighted by molar-refractivity contribution is 5.90. The van der Waals surface area contributed by atoms with E-state index in [4.69, 9.17) is 9.15 Å². The van der Waals surface area contributed by atoms with Crippen molar-refractivity contribution in [3.8, 4) is 0 Å². The average Bonchev–Trinajstić information content (AvgIpc) is 3.24. The van der Waals surface area contributed by atoms with Crippen molar-refractivity contribution in [2.75, 3.05) is 17.2 Å². The first-order chi connectivity index (χ1) is 14.4. The van der Waals surface area contributed by atoms with Gasteiger partial charge in [0.2, 0.25) is 11.6 Å². The number of rotatable bonds is 9. The number of nitro groups is 1. The Labute approximate surface area is 172 Å². The van der Waals surface area contributed by atoms with Crippen LogP contribution in [0, 0.1) is 16.0 Å². The van der Waals surface area contributed by atoms with Crippen LogP contribution in [0.5, 0.6) is 0 Å². The molecule has 10 heteroatoms. The molecule has 0 saturated heterocycles. The second-order valence-electron chi connectivity index (χ2n) is 6.80. The van der Waals surface area contributed by atoms with Gasteiger partial charge in [-0.2, -0.15) is 0 Å². The molecule has 0 amide bonds. The summed E-state index contributed by atoms with van der Waals surface area (Å²) in [7, 11) is 0. The number of ether oxygens (including phenoxy) is 1. The molecule has 3 aromatic rings. The Morgan fingerprint density at radius 3 is 2.57 bits per heavy atom. The molecule has 0 radical (unpaired) electrons. The van der Waals surface area contributed by atoms with Gasteiger partial charge < -0.3 is 19.8 Å². The van der Waals surface area contributed by atoms with E-state index in [1.165, 1.54) is 12.6 Å². The summed E-state index contributed by atoms with van der Waals surface area (Å²) < 4.78 is 10.4. The number of aromatic nitrogens is 2. The van der Waals surface area contributed by atoms with Gasteiger partial charge in [-0.05, 0) is 42.3 Å². The number of hydrogen-bond donors (Lipinski definition) is 2. The van der Waals surface area contributed by atoms with E-state index >= 15 is 0 Å². The molecule has 10 nitrogen and oxygen atoms in total. The summed E-state index contributed by atoms with van der Waals surface area (Å²) >= 11 is 0. The minimum atomic E-state index is -0.565. The van der Waals surface area contributed by atoms with Crippen LogP contribution in [0.1, 0.15) is 30.0 Å². The van der Waals surface area contributed by atoms with E-state index in [1.54, 1.807) is 36.4 Å². The van der Waals surface area contributed by atoms with E-state index in [9.17, 15) is 14.9 Å². The summed E-state index contributed by atoms with van der Waals surface area (Å²) in [6.07, 6.45) is 2.73. The van der Waals surface area contributed by atoms with Crippen LogP contribution in [0.2, 0.25) is 0 Å². The Bertz CT molecular complexity index is 1000. The number of benzene rings is 1. The quantitative estimate of drug-likeness (QED) is 0.303. The minimum Gasteiger partial charge on any atom is -0.467 e. The Morgan fingerprint density at radius 1 is 1.20 bits per heavy atom. The van der Waals surface area contributed by atoms with Crippen LogP contribution < -0.4 is 10.6 Å². The summed E-state index contributed by atoms with van der Waals surface area (Å²) in [6.45, 7) is 4.47. The molecule has 156 valence electrons. The molecular weight excluding hydrogens is 390 g/mol. The number of carbonyl (C=O) groups excluding carboxylic acids is 1. The molecule has 2 N–H and O–H groups in total. The number of carbonyl (C=O) groups is 1. The van der Waals surface area contributed by atoms with E-state index in [1.807, 2.05) is 13.8 Å². The molecule has 0 fully saturated rings. The fraction of sp³-hybridized carbons (Fsp3) is 0.250. The second kappa shape index (κ2) is 9.50. The van der Waals surface area contributed by atoms with Crippen molar-refractivity contribution in [3.63, 3.8) is 0 Å². The van der Waals surface area contributed by atoms with E-state index in [-0.39, 0.29) is 29.8 Å². The fourth-order valence-corrected chi connectivity index (χ4v) is 2.51. The first-order valence-electron chi connectivity index (χ1n) is 9.24. The maximum Gasteiger partial charge on any atom is 0.353 e. The van der Waals surface area contributed by atoms with Crippen molar-refractivity contribution >= 4 is 29.0 Å². The molecule has 0 unspecified atom stereocenters. The zero-order valence-electron chi connectivity index (χ0n) is 16.5. The van der Waals surface area contributed by atoms with Gasteiger partial charge in [-0.1, -0.05) is 13.8 Å². The van der Waals surface area contributed by atoms with Gasteiger partial charge in [0.15, 0.2) is 0 Å². The third kappa shape index (κ3) is 5.31. The minimum absolute atomic E-state index is 0.0204. The van der Waals surface area contributed by atoms with Gasteiger partial charge in [0.05, 0.1) is 29.9 Å². The lowest BCUT2D eigenvalue weighted by molar-refractivity contribution is -0.383. The highest BCUT2D eigenvalue weighted by Gasteiger charge is 2.23. The van der Waals surface area contributed by atoms with Gasteiger partial charge in [0.25, 0.3) is 0 Å². The van der Waals surface area contributed by atoms with E-state index in [0.717, 1.165) is 0 Å². The lowest BCUT2D eigenvalue weighted by atomic mass is 10.2. The summed E-state index contributed by atoms with van der Waals surface area (Å²) in [5.74, 6) is 0.503. The van der Waals surface area contributed by atoms with Gasteiger partial charge >= 0.3 is 11.7 Å². The third-order valence-electron chi connectivity index (χ3n) is 3.95. The van der Waals surface area contributed by atoms with Crippen LogP contribution >= 0.6 is 0 Å². The SMILES string of the molecule is CC(C)COC(=O)c1ccc(Nc2ncnc(NCc3ccco3)c2[N+](=O)[O-])cc1. The van der Waals surface area contributed by atoms with Crippen molar-refractivity contribution in [1.29, 1.82) is 0 Å². The first-order valence-corrected chi connectivity index (χ1v) is 9.24. The van der Waals surface area contributed by atoms with Crippen molar-refractivity contribution < 1.29 is 18.9 Å². The van der Waals surface area contributed by atoms with Gasteiger partial charge in [0.1, 0.15) is 12.1 Å². The highest BCUT2D eigenvalue weighted by atomic mass is 16.6. The summed E-state index contributed by atoms with van der Waals surface area (Å²) in [5, 5.41) is 17.4. The maximum atomic E-state index is 12.0. The van der Waals surface area contributed by atoms with Crippen LogP contribution in [-0.4, -0.2) is 27.5 Å². The molecule has 0 aliphatic rings. The van der Waals surface area contributed by atoms with Gasteiger partial charge in [-0.3, -0.25) is 10.1 Å². The molecular formula is C20H21N5O5. The number of esters is 1. The molecule has 0 aliphatic heterocycles. The lowest BCUT2D eigenvalue weighted by Crippen LogP contribution is -2.10.